The summed E-state index contributed by atoms with van der Waals surface area (Å²) in [5, 5.41) is 21.0. The van der Waals surface area contributed by atoms with Gasteiger partial charge in [0, 0.05) is 6.04 Å². The molecular weight excluding hydrogens is 292 g/mol. The Morgan fingerprint density at radius 3 is 2.74 bits per heavy atom. The number of nitrogens with one attached hydrogen (secondary N) is 1. The molecular formula is C17H20N4O2. The second-order valence-corrected chi connectivity index (χ2v) is 6.41. The quantitative estimate of drug-likeness (QED) is 0.906. The lowest BCUT2D eigenvalue weighted by Gasteiger charge is -2.17. The number of aromatic hydroxyl groups is 1. The highest BCUT2D eigenvalue weighted by atomic mass is 16.3. The van der Waals surface area contributed by atoms with Gasteiger partial charge < -0.3 is 15.0 Å². The highest BCUT2D eigenvalue weighted by Gasteiger charge is 2.26. The van der Waals surface area contributed by atoms with Crippen molar-refractivity contribution < 1.29 is 9.90 Å². The van der Waals surface area contributed by atoms with E-state index in [0.29, 0.717) is 18.2 Å². The van der Waals surface area contributed by atoms with Gasteiger partial charge in [-0.1, -0.05) is 0 Å². The van der Waals surface area contributed by atoms with Crippen molar-refractivity contribution in [1.29, 1.82) is 0 Å². The van der Waals surface area contributed by atoms with Gasteiger partial charge in [0.1, 0.15) is 12.1 Å². The molecule has 0 spiro atoms. The Morgan fingerprint density at radius 2 is 2.00 bits per heavy atom. The average molecular weight is 312 g/mol. The monoisotopic (exact) mass is 312 g/mol. The normalized spacial score (nSPS) is 16.9. The summed E-state index contributed by atoms with van der Waals surface area (Å²) in [4.78, 5) is 12.4. The Hall–Kier alpha value is -2.37. The van der Waals surface area contributed by atoms with Gasteiger partial charge in [0.05, 0.1) is 12.1 Å². The lowest BCUT2D eigenvalue weighted by Crippen LogP contribution is -2.25. The van der Waals surface area contributed by atoms with Crippen molar-refractivity contribution in [2.45, 2.75) is 51.1 Å². The number of hydrogen-bond donors (Lipinski definition) is 2. The van der Waals surface area contributed by atoms with Gasteiger partial charge in [0.25, 0.3) is 5.91 Å². The molecule has 2 aliphatic rings. The van der Waals surface area contributed by atoms with Crippen LogP contribution in [-0.4, -0.2) is 25.8 Å². The van der Waals surface area contributed by atoms with Crippen LogP contribution in [0.3, 0.4) is 0 Å². The van der Waals surface area contributed by atoms with E-state index in [0.717, 1.165) is 44.3 Å². The predicted octanol–water partition coefficient (Wildman–Crippen LogP) is 2.13. The van der Waals surface area contributed by atoms with Crippen LogP contribution in [0.1, 0.15) is 59.0 Å². The van der Waals surface area contributed by atoms with Crippen LogP contribution in [-0.2, 0) is 19.4 Å². The van der Waals surface area contributed by atoms with Crippen molar-refractivity contribution in [3.63, 3.8) is 0 Å². The molecule has 2 aliphatic carbocycles. The molecule has 1 amide bonds. The molecule has 23 heavy (non-hydrogen) atoms. The van der Waals surface area contributed by atoms with Gasteiger partial charge >= 0.3 is 0 Å². The summed E-state index contributed by atoms with van der Waals surface area (Å²) in [5.41, 5.74) is 2.70. The first-order valence-electron chi connectivity index (χ1n) is 8.23. The van der Waals surface area contributed by atoms with Crippen molar-refractivity contribution in [3.8, 4) is 5.75 Å². The van der Waals surface area contributed by atoms with Gasteiger partial charge in [-0.3, -0.25) is 4.79 Å². The molecule has 0 bridgehead atoms. The number of amides is 1. The molecule has 1 saturated carbocycles. The molecule has 2 N–H and O–H groups in total. The van der Waals surface area contributed by atoms with Crippen LogP contribution in [0.4, 0.5) is 0 Å². The van der Waals surface area contributed by atoms with E-state index < -0.39 is 0 Å². The molecule has 0 radical (unpaired) electrons. The van der Waals surface area contributed by atoms with Gasteiger partial charge in [0.15, 0.2) is 5.82 Å². The molecule has 1 fully saturated rings. The summed E-state index contributed by atoms with van der Waals surface area (Å²) in [6.07, 6.45) is 8.25. The minimum atomic E-state index is -0.263. The Kier molecular flexibility index (Phi) is 3.52. The van der Waals surface area contributed by atoms with Crippen molar-refractivity contribution in [2.75, 3.05) is 0 Å². The first-order chi connectivity index (χ1) is 11.2. The number of carbonyl (C=O) groups excluding carboxylic acids is 1. The van der Waals surface area contributed by atoms with Crippen LogP contribution >= 0.6 is 0 Å². The maximum Gasteiger partial charge on any atom is 0.255 e. The topological polar surface area (TPSA) is 80.0 Å². The van der Waals surface area contributed by atoms with Gasteiger partial charge in [-0.25, -0.2) is 0 Å². The van der Waals surface area contributed by atoms with E-state index in [9.17, 15) is 9.90 Å². The molecule has 120 valence electrons. The molecule has 0 atom stereocenters. The molecule has 4 rings (SSSR count). The number of carbonyl (C=O) groups is 1. The van der Waals surface area contributed by atoms with Crippen LogP contribution in [0.15, 0.2) is 18.5 Å². The number of aryl methyl sites for hydroxylation is 2. The summed E-state index contributed by atoms with van der Waals surface area (Å²) in [5.74, 6) is 0.561. The Bertz CT molecular complexity index is 749. The third-order valence-electron chi connectivity index (χ3n) is 4.70. The van der Waals surface area contributed by atoms with E-state index in [4.69, 9.17) is 0 Å². The zero-order valence-electron chi connectivity index (χ0n) is 13.0. The third kappa shape index (κ3) is 2.81. The molecule has 2 aromatic rings. The molecule has 1 aromatic carbocycles. The van der Waals surface area contributed by atoms with Crippen LogP contribution < -0.4 is 5.32 Å². The third-order valence-corrected chi connectivity index (χ3v) is 4.70. The van der Waals surface area contributed by atoms with Crippen molar-refractivity contribution in [1.82, 2.24) is 20.1 Å². The summed E-state index contributed by atoms with van der Waals surface area (Å²) in [6.45, 7) is 0.325. The van der Waals surface area contributed by atoms with Gasteiger partial charge in [-0.05, 0) is 61.8 Å². The fourth-order valence-corrected chi connectivity index (χ4v) is 3.26. The van der Waals surface area contributed by atoms with Gasteiger partial charge in [-0.15, -0.1) is 10.2 Å². The second kappa shape index (κ2) is 5.68. The van der Waals surface area contributed by atoms with E-state index in [1.807, 2.05) is 10.6 Å². The number of nitrogens with zero attached hydrogens (tertiary/aromatic N) is 3. The van der Waals surface area contributed by atoms with Crippen molar-refractivity contribution in [3.05, 3.63) is 41.0 Å². The van der Waals surface area contributed by atoms with E-state index in [1.54, 1.807) is 12.4 Å². The van der Waals surface area contributed by atoms with Crippen molar-refractivity contribution >= 4 is 5.91 Å². The summed E-state index contributed by atoms with van der Waals surface area (Å²) in [6, 6.07) is 4.06. The zero-order chi connectivity index (χ0) is 15.8. The Labute approximate surface area is 134 Å². The number of aromatic nitrogens is 3. The summed E-state index contributed by atoms with van der Waals surface area (Å²) >= 11 is 0. The lowest BCUT2D eigenvalue weighted by molar-refractivity contribution is 0.0946. The molecule has 1 heterocycles. The molecule has 0 unspecified atom stereocenters. The van der Waals surface area contributed by atoms with E-state index in [1.165, 1.54) is 11.1 Å². The predicted molar refractivity (Wildman–Crippen MR) is 84.2 cm³/mol. The number of phenolic OH excluding ortho intramolecular Hbond substituents is 1. The number of rotatable bonds is 4. The van der Waals surface area contributed by atoms with Crippen LogP contribution in [0.25, 0.3) is 0 Å². The van der Waals surface area contributed by atoms with Gasteiger partial charge in [0.2, 0.25) is 0 Å². The lowest BCUT2D eigenvalue weighted by atomic mass is 9.90. The van der Waals surface area contributed by atoms with Crippen LogP contribution in [0.2, 0.25) is 0 Å². The Balaban J connectivity index is 1.49. The van der Waals surface area contributed by atoms with E-state index in [2.05, 4.69) is 15.5 Å². The average Bonchev–Trinajstić information content (AvgIpc) is 3.30. The smallest absolute Gasteiger partial charge is 0.255 e. The second-order valence-electron chi connectivity index (χ2n) is 6.41. The first kappa shape index (κ1) is 14.2. The SMILES string of the molecule is O=C(NCc1nncn1C1CC1)c1cc2c(cc1O)CCCC2. The molecule has 1 aromatic heterocycles. The fourth-order valence-electron chi connectivity index (χ4n) is 3.26. The number of benzene rings is 1. The first-order valence-corrected chi connectivity index (χ1v) is 8.23. The molecule has 0 saturated heterocycles. The molecule has 6 nitrogen and oxygen atoms in total. The highest BCUT2D eigenvalue weighted by Crippen LogP contribution is 2.35. The van der Waals surface area contributed by atoms with Crippen LogP contribution in [0.5, 0.6) is 5.75 Å². The summed E-state index contributed by atoms with van der Waals surface area (Å²) in [7, 11) is 0. The van der Waals surface area contributed by atoms with E-state index >= 15 is 0 Å². The largest absolute Gasteiger partial charge is 0.507 e. The number of phenols is 1. The fraction of sp³-hybridized carbons (Fsp3) is 0.471. The Morgan fingerprint density at radius 1 is 1.26 bits per heavy atom. The van der Waals surface area contributed by atoms with Gasteiger partial charge in [-0.2, -0.15) is 0 Å². The number of hydrogen-bond acceptors (Lipinski definition) is 4. The summed E-state index contributed by atoms with van der Waals surface area (Å²) < 4.78 is 2.02. The minimum absolute atomic E-state index is 0.0619. The highest BCUT2D eigenvalue weighted by molar-refractivity contribution is 5.97. The maximum atomic E-state index is 12.4. The zero-order valence-corrected chi connectivity index (χ0v) is 13.0. The standard InChI is InChI=1S/C17H20N4O2/c22-15-8-12-4-2-1-3-11(12)7-14(15)17(23)18-9-16-20-19-10-21(16)13-5-6-13/h7-8,10,13,22H,1-6,9H2,(H,18,23). The van der Waals surface area contributed by atoms with Crippen LogP contribution in [0, 0.1) is 0 Å². The minimum Gasteiger partial charge on any atom is -0.507 e. The molecule has 0 aliphatic heterocycles. The number of fused-ring (bicyclic) bond motifs is 1. The van der Waals surface area contributed by atoms with E-state index in [-0.39, 0.29) is 11.7 Å². The maximum absolute atomic E-state index is 12.4. The van der Waals surface area contributed by atoms with Crippen molar-refractivity contribution in [2.24, 2.45) is 0 Å². The molecule has 6 heteroatoms.